The zero-order chi connectivity index (χ0) is 12.7. The first-order valence-electron chi connectivity index (χ1n) is 6.58. The molecule has 4 heteroatoms. The molecule has 2 aromatic rings. The molecule has 0 radical (unpaired) electrons. The van der Waals surface area contributed by atoms with E-state index in [4.69, 9.17) is 5.73 Å². The number of nitrogens with one attached hydrogen (secondary N) is 1. The number of aromatic amines is 1. The maximum Gasteiger partial charge on any atom is 0.121 e. The lowest BCUT2D eigenvalue weighted by Crippen LogP contribution is -2.20. The predicted molar refractivity (Wildman–Crippen MR) is 74.1 cm³/mol. The summed E-state index contributed by atoms with van der Waals surface area (Å²) in [4.78, 5) is 10.4. The van der Waals surface area contributed by atoms with Gasteiger partial charge in [-0.3, -0.25) is 4.90 Å². The van der Waals surface area contributed by atoms with Gasteiger partial charge in [0.05, 0.1) is 17.6 Å². The summed E-state index contributed by atoms with van der Waals surface area (Å²) < 4.78 is 0. The molecule has 1 aromatic heterocycles. The van der Waals surface area contributed by atoms with E-state index >= 15 is 0 Å². The number of H-pyrrole nitrogens is 1. The Kier molecular flexibility index (Phi) is 2.74. The second kappa shape index (κ2) is 4.28. The Balaban J connectivity index is 1.79. The minimum Gasteiger partial charge on any atom is -0.399 e. The maximum absolute atomic E-state index is 5.77. The molecule has 18 heavy (non-hydrogen) atoms. The molecule has 0 bridgehead atoms. The number of nitrogens with two attached hydrogens (primary N) is 1. The molecule has 0 amide bonds. The van der Waals surface area contributed by atoms with Crippen molar-refractivity contribution in [2.75, 3.05) is 18.8 Å². The molecular formula is C14H20N4. The lowest BCUT2D eigenvalue weighted by Gasteiger charge is -2.12. The molecule has 2 unspecified atom stereocenters. The molecule has 2 atom stereocenters. The summed E-state index contributed by atoms with van der Waals surface area (Å²) in [6, 6.07) is 5.81. The molecular weight excluding hydrogens is 224 g/mol. The summed E-state index contributed by atoms with van der Waals surface area (Å²) in [7, 11) is 0. The fraction of sp³-hybridized carbons (Fsp3) is 0.500. The highest BCUT2D eigenvalue weighted by molar-refractivity contribution is 5.78. The van der Waals surface area contributed by atoms with Gasteiger partial charge in [0.25, 0.3) is 0 Å². The molecule has 96 valence electrons. The Bertz CT molecular complexity index is 550. The first kappa shape index (κ1) is 11.5. The Morgan fingerprint density at radius 2 is 2.06 bits per heavy atom. The van der Waals surface area contributed by atoms with Gasteiger partial charge in [-0.25, -0.2) is 4.98 Å². The topological polar surface area (TPSA) is 57.9 Å². The molecule has 1 aliphatic heterocycles. The first-order valence-corrected chi connectivity index (χ1v) is 6.58. The Morgan fingerprint density at radius 3 is 2.78 bits per heavy atom. The third-order valence-corrected chi connectivity index (χ3v) is 3.99. The minimum atomic E-state index is 0.779. The summed E-state index contributed by atoms with van der Waals surface area (Å²) in [5.41, 5.74) is 8.59. The highest BCUT2D eigenvalue weighted by Gasteiger charge is 2.26. The molecule has 0 spiro atoms. The lowest BCUT2D eigenvalue weighted by molar-refractivity contribution is 0.309. The number of aromatic nitrogens is 2. The molecule has 0 aliphatic carbocycles. The van der Waals surface area contributed by atoms with Crippen LogP contribution in [-0.4, -0.2) is 28.0 Å². The van der Waals surface area contributed by atoms with Gasteiger partial charge in [0.2, 0.25) is 0 Å². The minimum absolute atomic E-state index is 0.779. The van der Waals surface area contributed by atoms with Crippen LogP contribution in [0, 0.1) is 11.8 Å². The normalized spacial score (nSPS) is 25.0. The number of hydrogen-bond acceptors (Lipinski definition) is 3. The molecule has 0 saturated carbocycles. The SMILES string of the molecule is CC1CN(Cc2nc3ccc(N)cc3[nH]2)CC1C. The number of benzene rings is 1. The van der Waals surface area contributed by atoms with E-state index in [-0.39, 0.29) is 0 Å². The van der Waals surface area contributed by atoms with Gasteiger partial charge in [-0.15, -0.1) is 0 Å². The maximum atomic E-state index is 5.77. The van der Waals surface area contributed by atoms with Crippen molar-refractivity contribution in [3.05, 3.63) is 24.0 Å². The van der Waals surface area contributed by atoms with Crippen molar-refractivity contribution in [3.63, 3.8) is 0 Å². The van der Waals surface area contributed by atoms with E-state index in [0.29, 0.717) is 0 Å². The van der Waals surface area contributed by atoms with Crippen molar-refractivity contribution in [2.45, 2.75) is 20.4 Å². The summed E-state index contributed by atoms with van der Waals surface area (Å²) in [6.45, 7) is 7.89. The van der Waals surface area contributed by atoms with Crippen LogP contribution in [0.2, 0.25) is 0 Å². The number of fused-ring (bicyclic) bond motifs is 1. The van der Waals surface area contributed by atoms with Crippen LogP contribution in [0.15, 0.2) is 18.2 Å². The standard InChI is InChI=1S/C14H20N4/c1-9-6-18(7-10(9)2)8-14-16-12-4-3-11(15)5-13(12)17-14/h3-5,9-10H,6-8,15H2,1-2H3,(H,16,17). The van der Waals surface area contributed by atoms with Gasteiger partial charge in [-0.2, -0.15) is 0 Å². The average molecular weight is 244 g/mol. The van der Waals surface area contributed by atoms with Gasteiger partial charge < -0.3 is 10.7 Å². The second-order valence-corrected chi connectivity index (χ2v) is 5.61. The largest absolute Gasteiger partial charge is 0.399 e. The van der Waals surface area contributed by atoms with E-state index in [1.165, 1.54) is 13.1 Å². The summed E-state index contributed by atoms with van der Waals surface area (Å²) in [5, 5.41) is 0. The smallest absolute Gasteiger partial charge is 0.121 e. The molecule has 4 nitrogen and oxygen atoms in total. The van der Waals surface area contributed by atoms with Gasteiger partial charge in [0, 0.05) is 18.8 Å². The zero-order valence-electron chi connectivity index (χ0n) is 11.0. The van der Waals surface area contributed by atoms with Crippen LogP contribution >= 0.6 is 0 Å². The third-order valence-electron chi connectivity index (χ3n) is 3.99. The van der Waals surface area contributed by atoms with Crippen LogP contribution < -0.4 is 5.73 Å². The quantitative estimate of drug-likeness (QED) is 0.796. The number of anilines is 1. The van der Waals surface area contributed by atoms with Gasteiger partial charge in [0.1, 0.15) is 5.82 Å². The van der Waals surface area contributed by atoms with Crippen molar-refractivity contribution in [3.8, 4) is 0 Å². The molecule has 1 aromatic carbocycles. The molecule has 3 N–H and O–H groups in total. The van der Waals surface area contributed by atoms with Gasteiger partial charge in [-0.05, 0) is 30.0 Å². The van der Waals surface area contributed by atoms with Crippen molar-refractivity contribution in [2.24, 2.45) is 11.8 Å². The average Bonchev–Trinajstić information content (AvgIpc) is 2.82. The summed E-state index contributed by atoms with van der Waals surface area (Å²) in [6.07, 6.45) is 0. The van der Waals surface area contributed by atoms with E-state index < -0.39 is 0 Å². The Labute approximate surface area is 107 Å². The van der Waals surface area contributed by atoms with E-state index in [1.54, 1.807) is 0 Å². The van der Waals surface area contributed by atoms with Crippen LogP contribution in [0.4, 0.5) is 5.69 Å². The molecule has 2 heterocycles. The number of nitrogen functional groups attached to an aromatic ring is 1. The predicted octanol–water partition coefficient (Wildman–Crippen LogP) is 2.23. The van der Waals surface area contributed by atoms with E-state index in [1.807, 2.05) is 18.2 Å². The number of imidazole rings is 1. The molecule has 3 rings (SSSR count). The van der Waals surface area contributed by atoms with E-state index in [0.717, 1.165) is 40.9 Å². The van der Waals surface area contributed by atoms with Crippen LogP contribution in [0.1, 0.15) is 19.7 Å². The Hall–Kier alpha value is -1.55. The van der Waals surface area contributed by atoms with Crippen molar-refractivity contribution >= 4 is 16.7 Å². The summed E-state index contributed by atoms with van der Waals surface area (Å²) >= 11 is 0. The highest BCUT2D eigenvalue weighted by Crippen LogP contribution is 2.24. The lowest BCUT2D eigenvalue weighted by atomic mass is 10.0. The van der Waals surface area contributed by atoms with Gasteiger partial charge in [-0.1, -0.05) is 13.8 Å². The fourth-order valence-electron chi connectivity index (χ4n) is 2.74. The third kappa shape index (κ3) is 2.08. The monoisotopic (exact) mass is 244 g/mol. The first-order chi connectivity index (χ1) is 8.61. The van der Waals surface area contributed by atoms with Crippen molar-refractivity contribution < 1.29 is 0 Å². The summed E-state index contributed by atoms with van der Waals surface area (Å²) in [5.74, 6) is 2.60. The fourth-order valence-corrected chi connectivity index (χ4v) is 2.74. The molecule has 1 aliphatic rings. The van der Waals surface area contributed by atoms with Crippen LogP contribution in [0.5, 0.6) is 0 Å². The molecule has 1 saturated heterocycles. The Morgan fingerprint density at radius 1 is 1.33 bits per heavy atom. The van der Waals surface area contributed by atoms with Gasteiger partial charge >= 0.3 is 0 Å². The zero-order valence-corrected chi connectivity index (χ0v) is 11.0. The van der Waals surface area contributed by atoms with Crippen LogP contribution in [-0.2, 0) is 6.54 Å². The van der Waals surface area contributed by atoms with Gasteiger partial charge in [0.15, 0.2) is 0 Å². The molecule has 1 fully saturated rings. The van der Waals surface area contributed by atoms with Crippen LogP contribution in [0.3, 0.4) is 0 Å². The number of hydrogen-bond donors (Lipinski definition) is 2. The highest BCUT2D eigenvalue weighted by atomic mass is 15.2. The second-order valence-electron chi connectivity index (χ2n) is 5.61. The number of rotatable bonds is 2. The van der Waals surface area contributed by atoms with Crippen molar-refractivity contribution in [1.82, 2.24) is 14.9 Å². The number of nitrogens with zero attached hydrogens (tertiary/aromatic N) is 2. The van der Waals surface area contributed by atoms with E-state index in [2.05, 4.69) is 28.7 Å². The number of likely N-dealkylation sites (tertiary alicyclic amines) is 1. The van der Waals surface area contributed by atoms with Crippen LogP contribution in [0.25, 0.3) is 11.0 Å². The van der Waals surface area contributed by atoms with E-state index in [9.17, 15) is 0 Å². The van der Waals surface area contributed by atoms with Crippen molar-refractivity contribution in [1.29, 1.82) is 0 Å².